The summed E-state index contributed by atoms with van der Waals surface area (Å²) < 4.78 is 0. The van der Waals surface area contributed by atoms with Crippen LogP contribution in [0, 0.1) is 6.92 Å². The van der Waals surface area contributed by atoms with E-state index in [1.807, 2.05) is 6.92 Å². The molecule has 0 heterocycles. The van der Waals surface area contributed by atoms with Gasteiger partial charge < -0.3 is 5.11 Å². The summed E-state index contributed by atoms with van der Waals surface area (Å²) in [6.07, 6.45) is 1.74. The van der Waals surface area contributed by atoms with Crippen molar-refractivity contribution in [2.24, 2.45) is 0 Å². The smallest absolute Gasteiger partial charge is 0.111 e. The number of rotatable bonds is 1. The first-order chi connectivity index (χ1) is 6.54. The molecular formula is C13H16O. The van der Waals surface area contributed by atoms with E-state index in [-0.39, 0.29) is 0 Å². The fourth-order valence-corrected chi connectivity index (χ4v) is 2.19. The Morgan fingerprint density at radius 2 is 2.21 bits per heavy atom. The third kappa shape index (κ3) is 1.20. The van der Waals surface area contributed by atoms with E-state index >= 15 is 0 Å². The highest BCUT2D eigenvalue weighted by molar-refractivity contribution is 5.44. The van der Waals surface area contributed by atoms with E-state index in [0.717, 1.165) is 24.0 Å². The van der Waals surface area contributed by atoms with Gasteiger partial charge in [-0.3, -0.25) is 0 Å². The highest BCUT2D eigenvalue weighted by Crippen LogP contribution is 2.41. The molecule has 0 saturated carbocycles. The predicted octanol–water partition coefficient (Wildman–Crippen LogP) is 2.70. The lowest BCUT2D eigenvalue weighted by Crippen LogP contribution is -2.23. The highest BCUT2D eigenvalue weighted by Gasteiger charge is 2.37. The first-order valence-electron chi connectivity index (χ1n) is 5.02. The molecule has 1 aromatic carbocycles. The molecule has 0 radical (unpaired) electrons. The summed E-state index contributed by atoms with van der Waals surface area (Å²) in [4.78, 5) is 0. The average Bonchev–Trinajstić information content (AvgIpc) is 2.46. The average molecular weight is 188 g/mol. The summed E-state index contributed by atoms with van der Waals surface area (Å²) in [5.74, 6) is 0. The Hall–Kier alpha value is -1.08. The maximum Gasteiger partial charge on any atom is 0.111 e. The molecule has 1 heteroatoms. The van der Waals surface area contributed by atoms with Crippen LogP contribution in [-0.2, 0) is 12.0 Å². The molecule has 1 nitrogen and oxygen atoms in total. The monoisotopic (exact) mass is 188 g/mol. The summed E-state index contributed by atoms with van der Waals surface area (Å²) in [5, 5.41) is 10.4. The van der Waals surface area contributed by atoms with E-state index in [1.165, 1.54) is 11.1 Å². The van der Waals surface area contributed by atoms with Gasteiger partial charge in [-0.05, 0) is 43.4 Å². The van der Waals surface area contributed by atoms with Crippen molar-refractivity contribution < 1.29 is 5.11 Å². The molecule has 2 rings (SSSR count). The van der Waals surface area contributed by atoms with E-state index in [1.54, 1.807) is 0 Å². The normalized spacial score (nSPS) is 24.8. The topological polar surface area (TPSA) is 20.2 Å². The molecule has 1 unspecified atom stereocenters. The van der Waals surface area contributed by atoms with E-state index < -0.39 is 5.60 Å². The molecule has 1 aliphatic carbocycles. The molecule has 1 atom stereocenters. The van der Waals surface area contributed by atoms with Crippen LogP contribution in [0.1, 0.15) is 30.0 Å². The van der Waals surface area contributed by atoms with E-state index in [2.05, 4.69) is 31.7 Å². The molecule has 74 valence electrons. The summed E-state index contributed by atoms with van der Waals surface area (Å²) in [6, 6.07) is 6.30. The molecule has 0 aliphatic heterocycles. The van der Waals surface area contributed by atoms with Gasteiger partial charge in [0.05, 0.1) is 0 Å². The van der Waals surface area contributed by atoms with E-state index in [4.69, 9.17) is 0 Å². The third-order valence-electron chi connectivity index (χ3n) is 3.17. The minimum Gasteiger partial charge on any atom is -0.381 e. The molecule has 0 aromatic heterocycles. The van der Waals surface area contributed by atoms with Crippen LogP contribution in [-0.4, -0.2) is 5.11 Å². The minimum absolute atomic E-state index is 0.776. The van der Waals surface area contributed by atoms with Crippen molar-refractivity contribution in [1.29, 1.82) is 0 Å². The number of hydrogen-bond acceptors (Lipinski definition) is 1. The molecule has 0 saturated heterocycles. The Balaban J connectivity index is 2.58. The van der Waals surface area contributed by atoms with Gasteiger partial charge in [-0.25, -0.2) is 0 Å². The van der Waals surface area contributed by atoms with Crippen LogP contribution < -0.4 is 0 Å². The zero-order valence-corrected chi connectivity index (χ0v) is 8.80. The molecule has 1 aliphatic rings. The fraction of sp³-hybridized carbons (Fsp3) is 0.385. The number of hydrogen-bond donors (Lipinski definition) is 1. The van der Waals surface area contributed by atoms with Gasteiger partial charge in [0.2, 0.25) is 0 Å². The van der Waals surface area contributed by atoms with Crippen LogP contribution in [0.25, 0.3) is 0 Å². The lowest BCUT2D eigenvalue weighted by Gasteiger charge is -2.24. The van der Waals surface area contributed by atoms with Gasteiger partial charge in [-0.1, -0.05) is 30.3 Å². The zero-order valence-electron chi connectivity index (χ0n) is 8.80. The van der Waals surface area contributed by atoms with Crippen LogP contribution in [0.5, 0.6) is 0 Å². The maximum absolute atomic E-state index is 10.4. The highest BCUT2D eigenvalue weighted by atomic mass is 16.3. The van der Waals surface area contributed by atoms with Crippen molar-refractivity contribution in [3.63, 3.8) is 0 Å². The first-order valence-corrected chi connectivity index (χ1v) is 5.02. The Kier molecular flexibility index (Phi) is 2.00. The third-order valence-corrected chi connectivity index (χ3v) is 3.17. The molecule has 0 bridgehead atoms. The van der Waals surface area contributed by atoms with Gasteiger partial charge in [0.15, 0.2) is 0 Å². The lowest BCUT2D eigenvalue weighted by atomic mass is 9.89. The molecule has 1 aromatic rings. The fourth-order valence-electron chi connectivity index (χ4n) is 2.19. The van der Waals surface area contributed by atoms with E-state index in [0.29, 0.717) is 0 Å². The largest absolute Gasteiger partial charge is 0.381 e. The van der Waals surface area contributed by atoms with Crippen molar-refractivity contribution in [1.82, 2.24) is 0 Å². The standard InChI is InChI=1S/C13H16O/c1-9(2)13(14)7-6-11-5-4-10(3)8-12(11)13/h4-5,8,14H,1,6-7H2,2-3H3. The Morgan fingerprint density at radius 3 is 2.86 bits per heavy atom. The molecule has 14 heavy (non-hydrogen) atoms. The van der Waals surface area contributed by atoms with Gasteiger partial charge in [-0.15, -0.1) is 0 Å². The Labute approximate surface area is 85.1 Å². The van der Waals surface area contributed by atoms with Gasteiger partial charge >= 0.3 is 0 Å². The number of aryl methyl sites for hydroxylation is 2. The second-order valence-electron chi connectivity index (χ2n) is 4.30. The second-order valence-corrected chi connectivity index (χ2v) is 4.30. The Morgan fingerprint density at radius 1 is 1.50 bits per heavy atom. The summed E-state index contributed by atoms with van der Waals surface area (Å²) in [7, 11) is 0. The van der Waals surface area contributed by atoms with Crippen LogP contribution in [0.3, 0.4) is 0 Å². The van der Waals surface area contributed by atoms with E-state index in [9.17, 15) is 5.11 Å². The SMILES string of the molecule is C=C(C)C1(O)CCc2ccc(C)cc21. The Bertz CT molecular complexity index is 392. The minimum atomic E-state index is -0.776. The molecular weight excluding hydrogens is 172 g/mol. The number of fused-ring (bicyclic) bond motifs is 1. The van der Waals surface area contributed by atoms with Crippen molar-refractivity contribution in [3.05, 3.63) is 47.0 Å². The van der Waals surface area contributed by atoms with Gasteiger partial charge in [0.25, 0.3) is 0 Å². The van der Waals surface area contributed by atoms with Crippen molar-refractivity contribution in [2.75, 3.05) is 0 Å². The van der Waals surface area contributed by atoms with Crippen LogP contribution >= 0.6 is 0 Å². The second kappa shape index (κ2) is 2.96. The predicted molar refractivity (Wildman–Crippen MR) is 58.2 cm³/mol. The summed E-state index contributed by atoms with van der Waals surface area (Å²) >= 11 is 0. The molecule has 0 fully saturated rings. The van der Waals surface area contributed by atoms with Crippen molar-refractivity contribution in [3.8, 4) is 0 Å². The van der Waals surface area contributed by atoms with Crippen LogP contribution in [0.2, 0.25) is 0 Å². The molecule has 0 spiro atoms. The van der Waals surface area contributed by atoms with Gasteiger partial charge in [-0.2, -0.15) is 0 Å². The van der Waals surface area contributed by atoms with Crippen molar-refractivity contribution >= 4 is 0 Å². The van der Waals surface area contributed by atoms with Gasteiger partial charge in [0.1, 0.15) is 5.60 Å². The van der Waals surface area contributed by atoms with Crippen LogP contribution in [0.15, 0.2) is 30.4 Å². The summed E-state index contributed by atoms with van der Waals surface area (Å²) in [6.45, 7) is 7.84. The zero-order chi connectivity index (χ0) is 10.3. The number of aliphatic hydroxyl groups is 1. The maximum atomic E-state index is 10.4. The van der Waals surface area contributed by atoms with Crippen molar-refractivity contribution in [2.45, 2.75) is 32.3 Å². The summed E-state index contributed by atoms with van der Waals surface area (Å²) in [5.41, 5.74) is 3.60. The molecule has 1 N–H and O–H groups in total. The lowest BCUT2D eigenvalue weighted by molar-refractivity contribution is 0.0788. The number of benzene rings is 1. The molecule has 0 amide bonds. The van der Waals surface area contributed by atoms with Crippen LogP contribution in [0.4, 0.5) is 0 Å². The van der Waals surface area contributed by atoms with Gasteiger partial charge in [0, 0.05) is 0 Å². The quantitative estimate of drug-likeness (QED) is 0.672. The first kappa shape index (κ1) is 9.47.